The predicted octanol–water partition coefficient (Wildman–Crippen LogP) is 0.484. The molecule has 0 amide bonds. The van der Waals surface area contributed by atoms with Gasteiger partial charge < -0.3 is 4.90 Å². The second kappa shape index (κ2) is 5.25. The van der Waals surface area contributed by atoms with Gasteiger partial charge in [0.1, 0.15) is 17.5 Å². The van der Waals surface area contributed by atoms with Crippen LogP contribution < -0.4 is 4.90 Å². The molecule has 1 saturated heterocycles. The number of hydrogen-bond donors (Lipinski definition) is 0. The van der Waals surface area contributed by atoms with Crippen molar-refractivity contribution < 1.29 is 8.42 Å². The molecule has 0 saturated carbocycles. The first-order valence-corrected chi connectivity index (χ1v) is 9.05. The Labute approximate surface area is 123 Å². The van der Waals surface area contributed by atoms with Crippen molar-refractivity contribution in [2.75, 3.05) is 29.5 Å². The Hall–Kier alpha value is -1.70. The Morgan fingerprint density at radius 1 is 1.10 bits per heavy atom. The molecular formula is C13H19N5O2S. The van der Waals surface area contributed by atoms with Crippen LogP contribution in [0.15, 0.2) is 6.07 Å². The maximum Gasteiger partial charge on any atom is 0.165 e. The van der Waals surface area contributed by atoms with Crippen molar-refractivity contribution in [1.29, 1.82) is 0 Å². The Bertz CT molecular complexity index is 754. The molecule has 114 valence electrons. The predicted molar refractivity (Wildman–Crippen MR) is 80.4 cm³/mol. The summed E-state index contributed by atoms with van der Waals surface area (Å²) in [5, 5.41) is 8.40. The van der Waals surface area contributed by atoms with Gasteiger partial charge in [0.25, 0.3) is 0 Å². The lowest BCUT2D eigenvalue weighted by atomic mass is 10.3. The van der Waals surface area contributed by atoms with Crippen LogP contribution in [0.4, 0.5) is 5.82 Å². The van der Waals surface area contributed by atoms with Gasteiger partial charge in [-0.2, -0.15) is 0 Å². The van der Waals surface area contributed by atoms with Crippen LogP contribution >= 0.6 is 0 Å². The van der Waals surface area contributed by atoms with Gasteiger partial charge in [-0.3, -0.25) is 4.40 Å². The second-order valence-electron chi connectivity index (χ2n) is 5.19. The number of fused-ring (bicyclic) bond motifs is 1. The molecule has 0 unspecified atom stereocenters. The highest BCUT2D eigenvalue weighted by Gasteiger charge is 2.23. The molecule has 0 spiro atoms. The maximum atomic E-state index is 11.5. The highest BCUT2D eigenvalue weighted by atomic mass is 32.2. The van der Waals surface area contributed by atoms with E-state index in [-0.39, 0.29) is 11.5 Å². The molecule has 0 atom stereocenters. The van der Waals surface area contributed by atoms with Crippen molar-refractivity contribution in [2.45, 2.75) is 26.7 Å². The van der Waals surface area contributed by atoms with E-state index < -0.39 is 9.84 Å². The lowest BCUT2D eigenvalue weighted by molar-refractivity contribution is 0.586. The first-order valence-electron chi connectivity index (χ1n) is 7.23. The third-order valence-corrected chi connectivity index (χ3v) is 5.43. The minimum absolute atomic E-state index is 0.189. The monoisotopic (exact) mass is 309 g/mol. The Balaban J connectivity index is 2.01. The fourth-order valence-corrected chi connectivity index (χ4v) is 3.81. The Kier molecular flexibility index (Phi) is 3.56. The fraction of sp³-hybridized carbons (Fsp3) is 0.615. The number of nitrogens with zero attached hydrogens (tertiary/aromatic N) is 5. The van der Waals surface area contributed by atoms with Crippen molar-refractivity contribution in [1.82, 2.24) is 19.6 Å². The topological polar surface area (TPSA) is 80.5 Å². The van der Waals surface area contributed by atoms with E-state index in [4.69, 9.17) is 0 Å². The average Bonchev–Trinajstić information content (AvgIpc) is 2.89. The van der Waals surface area contributed by atoms with Crippen molar-refractivity contribution in [3.05, 3.63) is 17.7 Å². The first-order chi connectivity index (χ1) is 10.0. The molecule has 0 radical (unpaired) electrons. The van der Waals surface area contributed by atoms with E-state index in [0.29, 0.717) is 13.1 Å². The summed E-state index contributed by atoms with van der Waals surface area (Å²) in [7, 11) is -2.88. The summed E-state index contributed by atoms with van der Waals surface area (Å²) in [4.78, 5) is 6.70. The van der Waals surface area contributed by atoms with Crippen molar-refractivity contribution >= 4 is 21.3 Å². The molecule has 1 aliphatic heterocycles. The van der Waals surface area contributed by atoms with Crippen LogP contribution in [0.1, 0.15) is 25.5 Å². The molecule has 7 nitrogen and oxygen atoms in total. The summed E-state index contributed by atoms with van der Waals surface area (Å²) in [5.74, 6) is 2.99. The average molecular weight is 309 g/mol. The summed E-state index contributed by atoms with van der Waals surface area (Å²) in [6.45, 7) is 5.07. The van der Waals surface area contributed by atoms with Gasteiger partial charge in [0.05, 0.1) is 11.5 Å². The van der Waals surface area contributed by atoms with E-state index in [1.54, 1.807) is 0 Å². The van der Waals surface area contributed by atoms with Gasteiger partial charge in [-0.25, -0.2) is 13.4 Å². The molecule has 1 aliphatic rings. The number of rotatable bonds is 3. The third-order valence-electron chi connectivity index (χ3n) is 3.82. The van der Waals surface area contributed by atoms with Crippen molar-refractivity contribution in [2.24, 2.45) is 0 Å². The minimum Gasteiger partial charge on any atom is -0.354 e. The van der Waals surface area contributed by atoms with Crippen LogP contribution in [-0.2, 0) is 22.7 Å². The minimum atomic E-state index is -2.88. The van der Waals surface area contributed by atoms with Crippen LogP contribution in [0.3, 0.4) is 0 Å². The van der Waals surface area contributed by atoms with Gasteiger partial charge in [-0.05, 0) is 0 Å². The van der Waals surface area contributed by atoms with Crippen LogP contribution in [0.25, 0.3) is 5.65 Å². The zero-order valence-corrected chi connectivity index (χ0v) is 13.1. The van der Waals surface area contributed by atoms with E-state index in [0.717, 1.165) is 36.0 Å². The van der Waals surface area contributed by atoms with Gasteiger partial charge in [0.15, 0.2) is 15.5 Å². The van der Waals surface area contributed by atoms with Crippen LogP contribution in [0, 0.1) is 0 Å². The van der Waals surface area contributed by atoms with Crippen LogP contribution in [0.5, 0.6) is 0 Å². The van der Waals surface area contributed by atoms with Gasteiger partial charge in [-0.15, -0.1) is 10.2 Å². The number of aryl methyl sites for hydroxylation is 2. The molecule has 1 fully saturated rings. The van der Waals surface area contributed by atoms with Crippen LogP contribution in [-0.4, -0.2) is 52.6 Å². The molecule has 0 N–H and O–H groups in total. The Morgan fingerprint density at radius 3 is 2.38 bits per heavy atom. The zero-order chi connectivity index (χ0) is 15.0. The first kappa shape index (κ1) is 14.2. The number of hydrogen-bond acceptors (Lipinski definition) is 6. The zero-order valence-electron chi connectivity index (χ0n) is 12.3. The largest absolute Gasteiger partial charge is 0.354 e. The lowest BCUT2D eigenvalue weighted by Crippen LogP contribution is -2.40. The molecule has 3 rings (SSSR count). The second-order valence-corrected chi connectivity index (χ2v) is 7.49. The standard InChI is InChI=1S/C13H19N5O2S/c1-3-10-14-12(17-5-7-21(19,20)8-6-17)9-13-16-15-11(4-2)18(10)13/h9H,3-8H2,1-2H3. The van der Waals surface area contributed by atoms with E-state index in [1.807, 2.05) is 29.2 Å². The SMILES string of the molecule is CCc1nnc2cc(N3CCS(=O)(=O)CC3)nc(CC)n12. The van der Waals surface area contributed by atoms with E-state index in [2.05, 4.69) is 15.2 Å². The number of sulfone groups is 1. The quantitative estimate of drug-likeness (QED) is 0.820. The van der Waals surface area contributed by atoms with Crippen molar-refractivity contribution in [3.63, 3.8) is 0 Å². The molecule has 2 aromatic rings. The highest BCUT2D eigenvalue weighted by Crippen LogP contribution is 2.19. The smallest absolute Gasteiger partial charge is 0.165 e. The number of aromatic nitrogens is 4. The van der Waals surface area contributed by atoms with Gasteiger partial charge in [-0.1, -0.05) is 13.8 Å². The van der Waals surface area contributed by atoms with E-state index in [9.17, 15) is 8.42 Å². The summed E-state index contributed by atoms with van der Waals surface area (Å²) in [6.07, 6.45) is 1.58. The molecule has 3 heterocycles. The lowest BCUT2D eigenvalue weighted by Gasteiger charge is -2.28. The molecular weight excluding hydrogens is 290 g/mol. The molecule has 0 aromatic carbocycles. The normalized spacial score (nSPS) is 18.3. The Morgan fingerprint density at radius 2 is 1.76 bits per heavy atom. The molecule has 0 aliphatic carbocycles. The number of anilines is 1. The maximum absolute atomic E-state index is 11.5. The van der Waals surface area contributed by atoms with Gasteiger partial charge in [0.2, 0.25) is 0 Å². The molecule has 8 heteroatoms. The van der Waals surface area contributed by atoms with E-state index >= 15 is 0 Å². The van der Waals surface area contributed by atoms with Gasteiger partial charge in [0, 0.05) is 32.0 Å². The summed E-state index contributed by atoms with van der Waals surface area (Å²) in [5.41, 5.74) is 0.780. The summed E-state index contributed by atoms with van der Waals surface area (Å²) in [6, 6.07) is 1.89. The van der Waals surface area contributed by atoms with Crippen LogP contribution in [0.2, 0.25) is 0 Å². The fourth-order valence-electron chi connectivity index (χ4n) is 2.60. The van der Waals surface area contributed by atoms with Crippen molar-refractivity contribution in [3.8, 4) is 0 Å². The summed E-state index contributed by atoms with van der Waals surface area (Å²) < 4.78 is 25.1. The summed E-state index contributed by atoms with van der Waals surface area (Å²) >= 11 is 0. The van der Waals surface area contributed by atoms with Gasteiger partial charge >= 0.3 is 0 Å². The third kappa shape index (κ3) is 2.59. The highest BCUT2D eigenvalue weighted by molar-refractivity contribution is 7.91. The molecule has 0 bridgehead atoms. The molecule has 2 aromatic heterocycles. The van der Waals surface area contributed by atoms with E-state index in [1.165, 1.54) is 0 Å². The molecule has 21 heavy (non-hydrogen) atoms.